The van der Waals surface area contributed by atoms with Gasteiger partial charge in [-0.25, -0.2) is 4.79 Å². The number of nitrogens with zero attached hydrogens (tertiary/aromatic N) is 3. The Labute approximate surface area is 148 Å². The van der Waals surface area contributed by atoms with Gasteiger partial charge in [-0.15, -0.1) is 0 Å². The Morgan fingerprint density at radius 3 is 2.52 bits per heavy atom. The van der Waals surface area contributed by atoms with Gasteiger partial charge in [-0.1, -0.05) is 44.2 Å². The van der Waals surface area contributed by atoms with Crippen molar-refractivity contribution < 1.29 is 9.59 Å². The molecule has 0 atom stereocenters. The molecule has 5 nitrogen and oxygen atoms in total. The van der Waals surface area contributed by atoms with Crippen LogP contribution in [0.1, 0.15) is 30.7 Å². The fourth-order valence-electron chi connectivity index (χ4n) is 3.17. The quantitative estimate of drug-likeness (QED) is 0.788. The van der Waals surface area contributed by atoms with Gasteiger partial charge in [0.05, 0.1) is 0 Å². The summed E-state index contributed by atoms with van der Waals surface area (Å²) in [6.07, 6.45) is 1.73. The summed E-state index contributed by atoms with van der Waals surface area (Å²) < 4.78 is 0. The fourth-order valence-corrected chi connectivity index (χ4v) is 3.17. The van der Waals surface area contributed by atoms with Crippen molar-refractivity contribution in [1.29, 1.82) is 0 Å². The third-order valence-corrected chi connectivity index (χ3v) is 4.57. The third-order valence-electron chi connectivity index (χ3n) is 4.57. The summed E-state index contributed by atoms with van der Waals surface area (Å²) in [6.45, 7) is 6.95. The molecule has 1 saturated heterocycles. The van der Waals surface area contributed by atoms with E-state index in [0.717, 1.165) is 16.8 Å². The molecule has 0 unspecified atom stereocenters. The van der Waals surface area contributed by atoms with E-state index in [-0.39, 0.29) is 23.9 Å². The van der Waals surface area contributed by atoms with Gasteiger partial charge in [0.1, 0.15) is 6.54 Å². The highest BCUT2D eigenvalue weighted by Gasteiger charge is 2.39. The van der Waals surface area contributed by atoms with Gasteiger partial charge in [-0.05, 0) is 30.2 Å². The SMILES string of the molecule is Cc1cc(CN2CC(=O)N(CC(C)(C)c3ccccc3)C2=O)ccn1. The topological polar surface area (TPSA) is 53.5 Å². The molecule has 130 valence electrons. The van der Waals surface area contributed by atoms with E-state index in [0.29, 0.717) is 13.1 Å². The van der Waals surface area contributed by atoms with Crippen LogP contribution in [0.4, 0.5) is 4.79 Å². The number of aromatic nitrogens is 1. The number of aryl methyl sites for hydroxylation is 1. The van der Waals surface area contributed by atoms with Crippen LogP contribution in [0.3, 0.4) is 0 Å². The smallest absolute Gasteiger partial charge is 0.311 e. The zero-order valence-electron chi connectivity index (χ0n) is 14.9. The number of urea groups is 1. The van der Waals surface area contributed by atoms with Gasteiger partial charge in [-0.2, -0.15) is 0 Å². The number of benzene rings is 1. The van der Waals surface area contributed by atoms with E-state index < -0.39 is 0 Å². The Bertz CT molecular complexity index is 787. The van der Waals surface area contributed by atoms with Crippen LogP contribution in [-0.4, -0.2) is 39.8 Å². The van der Waals surface area contributed by atoms with E-state index in [4.69, 9.17) is 0 Å². The maximum Gasteiger partial charge on any atom is 0.327 e. The van der Waals surface area contributed by atoms with Crippen molar-refractivity contribution >= 4 is 11.9 Å². The molecule has 3 amide bonds. The molecule has 0 radical (unpaired) electrons. The van der Waals surface area contributed by atoms with Crippen LogP contribution >= 0.6 is 0 Å². The Morgan fingerprint density at radius 2 is 1.84 bits per heavy atom. The summed E-state index contributed by atoms with van der Waals surface area (Å²) in [4.78, 5) is 32.3. The Balaban J connectivity index is 1.73. The minimum Gasteiger partial charge on any atom is -0.311 e. The minimum absolute atomic E-state index is 0.130. The van der Waals surface area contributed by atoms with Crippen LogP contribution < -0.4 is 0 Å². The van der Waals surface area contributed by atoms with Crippen LogP contribution in [0.25, 0.3) is 0 Å². The lowest BCUT2D eigenvalue weighted by Crippen LogP contribution is -2.41. The molecule has 2 aromatic rings. The lowest BCUT2D eigenvalue weighted by atomic mass is 9.84. The molecule has 3 rings (SSSR count). The predicted molar refractivity (Wildman–Crippen MR) is 96.0 cm³/mol. The van der Waals surface area contributed by atoms with E-state index in [1.165, 1.54) is 4.90 Å². The van der Waals surface area contributed by atoms with E-state index in [9.17, 15) is 9.59 Å². The first-order valence-corrected chi connectivity index (χ1v) is 8.43. The molecule has 1 fully saturated rings. The second-order valence-electron chi connectivity index (χ2n) is 7.17. The number of hydrogen-bond acceptors (Lipinski definition) is 3. The summed E-state index contributed by atoms with van der Waals surface area (Å²) in [5.74, 6) is -0.139. The summed E-state index contributed by atoms with van der Waals surface area (Å²) in [7, 11) is 0. The van der Waals surface area contributed by atoms with Crippen LogP contribution in [0.15, 0.2) is 48.7 Å². The monoisotopic (exact) mass is 337 g/mol. The zero-order chi connectivity index (χ0) is 18.0. The summed E-state index contributed by atoms with van der Waals surface area (Å²) in [6, 6.07) is 13.6. The molecule has 0 bridgehead atoms. The lowest BCUT2D eigenvalue weighted by molar-refractivity contribution is -0.125. The Kier molecular flexibility index (Phi) is 4.57. The first-order chi connectivity index (χ1) is 11.9. The Morgan fingerprint density at radius 1 is 1.12 bits per heavy atom. The highest BCUT2D eigenvalue weighted by Crippen LogP contribution is 2.26. The molecule has 5 heteroatoms. The minimum atomic E-state index is -0.296. The summed E-state index contributed by atoms with van der Waals surface area (Å²) in [5.41, 5.74) is 2.70. The third kappa shape index (κ3) is 3.71. The maximum atomic E-state index is 12.7. The largest absolute Gasteiger partial charge is 0.327 e. The van der Waals surface area contributed by atoms with Gasteiger partial charge < -0.3 is 4.90 Å². The number of imide groups is 1. The molecule has 0 spiro atoms. The molecular formula is C20H23N3O2. The molecule has 1 aliphatic heterocycles. The van der Waals surface area contributed by atoms with Crippen molar-refractivity contribution in [3.63, 3.8) is 0 Å². The predicted octanol–water partition coefficient (Wildman–Crippen LogP) is 3.13. The fraction of sp³-hybridized carbons (Fsp3) is 0.350. The van der Waals surface area contributed by atoms with Gasteiger partial charge >= 0.3 is 6.03 Å². The molecule has 1 aromatic carbocycles. The molecule has 0 N–H and O–H groups in total. The average molecular weight is 337 g/mol. The van der Waals surface area contributed by atoms with Crippen molar-refractivity contribution in [1.82, 2.24) is 14.8 Å². The van der Waals surface area contributed by atoms with Crippen molar-refractivity contribution in [2.75, 3.05) is 13.1 Å². The van der Waals surface area contributed by atoms with E-state index in [1.54, 1.807) is 11.1 Å². The number of hydrogen-bond donors (Lipinski definition) is 0. The maximum absolute atomic E-state index is 12.7. The van der Waals surface area contributed by atoms with Crippen molar-refractivity contribution in [3.8, 4) is 0 Å². The molecule has 0 saturated carbocycles. The first-order valence-electron chi connectivity index (χ1n) is 8.43. The van der Waals surface area contributed by atoms with Gasteiger partial charge in [0.2, 0.25) is 5.91 Å². The van der Waals surface area contributed by atoms with Crippen molar-refractivity contribution in [3.05, 3.63) is 65.5 Å². The molecular weight excluding hydrogens is 314 g/mol. The highest BCUT2D eigenvalue weighted by molar-refractivity contribution is 6.02. The average Bonchev–Trinajstić information content (AvgIpc) is 2.83. The lowest BCUT2D eigenvalue weighted by Gasteiger charge is -2.29. The van der Waals surface area contributed by atoms with E-state index >= 15 is 0 Å². The normalized spacial score (nSPS) is 15.2. The molecule has 0 aliphatic carbocycles. The van der Waals surface area contributed by atoms with Crippen LogP contribution in [0.5, 0.6) is 0 Å². The second-order valence-corrected chi connectivity index (χ2v) is 7.17. The van der Waals surface area contributed by atoms with Crippen LogP contribution in [-0.2, 0) is 16.8 Å². The number of carbonyl (C=O) groups is 2. The zero-order valence-corrected chi connectivity index (χ0v) is 14.9. The molecule has 25 heavy (non-hydrogen) atoms. The number of carbonyl (C=O) groups excluding carboxylic acids is 2. The van der Waals surface area contributed by atoms with E-state index in [1.807, 2.05) is 49.4 Å². The molecule has 2 heterocycles. The van der Waals surface area contributed by atoms with Gasteiger partial charge in [0, 0.05) is 30.4 Å². The summed E-state index contributed by atoms with van der Waals surface area (Å²) >= 11 is 0. The van der Waals surface area contributed by atoms with Gasteiger partial charge in [0.15, 0.2) is 0 Å². The summed E-state index contributed by atoms with van der Waals surface area (Å²) in [5, 5.41) is 0. The first kappa shape index (κ1) is 17.1. The number of amides is 3. The number of rotatable bonds is 5. The van der Waals surface area contributed by atoms with Gasteiger partial charge in [0.25, 0.3) is 0 Å². The van der Waals surface area contributed by atoms with Crippen molar-refractivity contribution in [2.24, 2.45) is 0 Å². The van der Waals surface area contributed by atoms with E-state index in [2.05, 4.69) is 18.8 Å². The van der Waals surface area contributed by atoms with Crippen LogP contribution in [0, 0.1) is 6.92 Å². The van der Waals surface area contributed by atoms with Crippen molar-refractivity contribution in [2.45, 2.75) is 32.7 Å². The highest BCUT2D eigenvalue weighted by atomic mass is 16.2. The Hall–Kier alpha value is -2.69. The molecule has 1 aromatic heterocycles. The second kappa shape index (κ2) is 6.67. The molecule has 1 aliphatic rings. The van der Waals surface area contributed by atoms with Gasteiger partial charge in [-0.3, -0.25) is 14.7 Å². The van der Waals surface area contributed by atoms with Crippen LogP contribution in [0.2, 0.25) is 0 Å². The number of pyridine rings is 1. The standard InChI is InChI=1S/C20H23N3O2/c1-15-11-16(9-10-21-15)12-22-13-18(24)23(19(22)25)14-20(2,3)17-7-5-4-6-8-17/h4-11H,12-14H2,1-3H3.